The average molecular weight is 310 g/mol. The van der Waals surface area contributed by atoms with Gasteiger partial charge in [-0.05, 0) is 36.8 Å². The van der Waals surface area contributed by atoms with Crippen LogP contribution in [-0.4, -0.2) is 36.0 Å². The van der Waals surface area contributed by atoms with E-state index in [9.17, 15) is 4.79 Å². The Balaban J connectivity index is 1.54. The molecule has 2 heterocycles. The molecular formula is C19H22N2O2. The van der Waals surface area contributed by atoms with Crippen molar-refractivity contribution in [2.24, 2.45) is 5.92 Å². The number of aromatic nitrogens is 1. The second-order valence-electron chi connectivity index (χ2n) is 6.01. The molecule has 0 atom stereocenters. The lowest BCUT2D eigenvalue weighted by molar-refractivity contribution is 0.0690. The smallest absolute Gasteiger partial charge is 0.255 e. The highest BCUT2D eigenvalue weighted by Gasteiger charge is 2.23. The highest BCUT2D eigenvalue weighted by atomic mass is 16.5. The highest BCUT2D eigenvalue weighted by molar-refractivity contribution is 5.94. The second-order valence-corrected chi connectivity index (χ2v) is 6.01. The summed E-state index contributed by atoms with van der Waals surface area (Å²) in [6.07, 6.45) is 4.82. The van der Waals surface area contributed by atoms with E-state index >= 15 is 0 Å². The first-order valence-electron chi connectivity index (χ1n) is 8.09. The SMILES string of the molecule is COc1ccc(C(=O)N2CCC(Cc3ccccc3)CC2)cn1. The van der Waals surface area contributed by atoms with Crippen LogP contribution in [0.5, 0.6) is 5.88 Å². The summed E-state index contributed by atoms with van der Waals surface area (Å²) in [4.78, 5) is 18.6. The van der Waals surface area contributed by atoms with Crippen LogP contribution >= 0.6 is 0 Å². The first-order chi connectivity index (χ1) is 11.3. The topological polar surface area (TPSA) is 42.4 Å². The molecule has 0 saturated carbocycles. The predicted octanol–water partition coefficient (Wildman–Crippen LogP) is 3.19. The van der Waals surface area contributed by atoms with Crippen molar-refractivity contribution in [2.75, 3.05) is 20.2 Å². The van der Waals surface area contributed by atoms with E-state index in [2.05, 4.69) is 29.2 Å². The minimum atomic E-state index is 0.0679. The average Bonchev–Trinajstić information content (AvgIpc) is 2.63. The Morgan fingerprint density at radius 2 is 1.91 bits per heavy atom. The summed E-state index contributed by atoms with van der Waals surface area (Å²) in [5, 5.41) is 0. The predicted molar refractivity (Wildman–Crippen MR) is 89.6 cm³/mol. The third kappa shape index (κ3) is 3.89. The number of carbonyl (C=O) groups is 1. The zero-order valence-corrected chi connectivity index (χ0v) is 13.4. The van der Waals surface area contributed by atoms with Crippen molar-refractivity contribution in [1.29, 1.82) is 0 Å². The minimum Gasteiger partial charge on any atom is -0.481 e. The van der Waals surface area contributed by atoms with Gasteiger partial charge in [0.2, 0.25) is 5.88 Å². The number of hydrogen-bond acceptors (Lipinski definition) is 3. The number of methoxy groups -OCH3 is 1. The molecule has 3 rings (SSSR count). The van der Waals surface area contributed by atoms with E-state index < -0.39 is 0 Å². The maximum absolute atomic E-state index is 12.5. The van der Waals surface area contributed by atoms with E-state index in [1.807, 2.05) is 11.0 Å². The molecule has 0 aliphatic carbocycles. The van der Waals surface area contributed by atoms with Gasteiger partial charge in [0.05, 0.1) is 12.7 Å². The molecule has 4 nitrogen and oxygen atoms in total. The van der Waals surface area contributed by atoms with Gasteiger partial charge >= 0.3 is 0 Å². The first-order valence-corrected chi connectivity index (χ1v) is 8.09. The Labute approximate surface area is 137 Å². The van der Waals surface area contributed by atoms with E-state index in [4.69, 9.17) is 4.74 Å². The third-order valence-electron chi connectivity index (χ3n) is 4.46. The van der Waals surface area contributed by atoms with Crippen molar-refractivity contribution in [2.45, 2.75) is 19.3 Å². The molecule has 23 heavy (non-hydrogen) atoms. The molecule has 0 bridgehead atoms. The summed E-state index contributed by atoms with van der Waals surface area (Å²) in [7, 11) is 1.57. The monoisotopic (exact) mass is 310 g/mol. The number of ether oxygens (including phenoxy) is 1. The Hall–Kier alpha value is -2.36. The number of amides is 1. The zero-order chi connectivity index (χ0) is 16.1. The van der Waals surface area contributed by atoms with Gasteiger partial charge in [0.15, 0.2) is 0 Å². The number of hydrogen-bond donors (Lipinski definition) is 0. The van der Waals surface area contributed by atoms with Crippen molar-refractivity contribution in [3.8, 4) is 5.88 Å². The van der Waals surface area contributed by atoms with Gasteiger partial charge in [-0.25, -0.2) is 4.98 Å². The summed E-state index contributed by atoms with van der Waals surface area (Å²) < 4.78 is 5.03. The van der Waals surface area contributed by atoms with Gasteiger partial charge in [-0.3, -0.25) is 4.79 Å². The number of nitrogens with zero attached hydrogens (tertiary/aromatic N) is 2. The fourth-order valence-corrected chi connectivity index (χ4v) is 3.10. The third-order valence-corrected chi connectivity index (χ3v) is 4.46. The zero-order valence-electron chi connectivity index (χ0n) is 13.4. The number of piperidine rings is 1. The molecule has 4 heteroatoms. The van der Waals surface area contributed by atoms with Gasteiger partial charge in [-0.2, -0.15) is 0 Å². The molecule has 0 unspecified atom stereocenters. The quantitative estimate of drug-likeness (QED) is 0.871. The Kier molecular flexibility index (Phi) is 4.91. The highest BCUT2D eigenvalue weighted by Crippen LogP contribution is 2.23. The molecule has 1 aliphatic heterocycles. The van der Waals surface area contributed by atoms with Crippen molar-refractivity contribution in [1.82, 2.24) is 9.88 Å². The summed E-state index contributed by atoms with van der Waals surface area (Å²) in [6.45, 7) is 1.64. The van der Waals surface area contributed by atoms with E-state index in [-0.39, 0.29) is 5.91 Å². The second kappa shape index (κ2) is 7.27. The summed E-state index contributed by atoms with van der Waals surface area (Å²) in [5.41, 5.74) is 2.02. The molecule has 1 amide bonds. The molecule has 1 saturated heterocycles. The van der Waals surface area contributed by atoms with Crippen molar-refractivity contribution in [3.63, 3.8) is 0 Å². The van der Waals surface area contributed by atoms with Gasteiger partial charge in [0.25, 0.3) is 5.91 Å². The molecule has 1 aromatic carbocycles. The molecule has 1 fully saturated rings. The maximum atomic E-state index is 12.5. The molecule has 2 aromatic rings. The van der Waals surface area contributed by atoms with Crippen LogP contribution < -0.4 is 4.74 Å². The number of benzene rings is 1. The minimum absolute atomic E-state index is 0.0679. The van der Waals surface area contributed by atoms with Crippen LogP contribution in [0, 0.1) is 5.92 Å². The van der Waals surface area contributed by atoms with Gasteiger partial charge in [-0.15, -0.1) is 0 Å². The van der Waals surface area contributed by atoms with Crippen LogP contribution in [0.4, 0.5) is 0 Å². The fraction of sp³-hybridized carbons (Fsp3) is 0.368. The molecular weight excluding hydrogens is 288 g/mol. The van der Waals surface area contributed by atoms with Crippen LogP contribution in [0.1, 0.15) is 28.8 Å². The summed E-state index contributed by atoms with van der Waals surface area (Å²) in [6, 6.07) is 14.1. The van der Waals surface area contributed by atoms with E-state index in [1.54, 1.807) is 25.4 Å². The van der Waals surface area contributed by atoms with Gasteiger partial charge < -0.3 is 9.64 Å². The lowest BCUT2D eigenvalue weighted by Crippen LogP contribution is -2.38. The molecule has 0 N–H and O–H groups in total. The Morgan fingerprint density at radius 1 is 1.17 bits per heavy atom. The molecule has 120 valence electrons. The standard InChI is InChI=1S/C19H22N2O2/c1-23-18-8-7-17(14-20-18)19(22)21-11-9-16(10-12-21)13-15-5-3-2-4-6-15/h2-8,14,16H,9-13H2,1H3. The van der Waals surface area contributed by atoms with Crippen LogP contribution in [-0.2, 0) is 6.42 Å². The lowest BCUT2D eigenvalue weighted by Gasteiger charge is -2.32. The van der Waals surface area contributed by atoms with E-state index in [0.717, 1.165) is 32.4 Å². The van der Waals surface area contributed by atoms with Crippen LogP contribution in [0.15, 0.2) is 48.7 Å². The first kappa shape index (κ1) is 15.5. The van der Waals surface area contributed by atoms with Crippen molar-refractivity contribution in [3.05, 3.63) is 59.8 Å². The van der Waals surface area contributed by atoms with Crippen LogP contribution in [0.2, 0.25) is 0 Å². The molecule has 1 aliphatic rings. The van der Waals surface area contributed by atoms with Crippen molar-refractivity contribution >= 4 is 5.91 Å². The normalized spacial score (nSPS) is 15.4. The Bertz CT molecular complexity index is 632. The molecule has 0 spiro atoms. The van der Waals surface area contributed by atoms with Gasteiger partial charge in [-0.1, -0.05) is 30.3 Å². The fourth-order valence-electron chi connectivity index (χ4n) is 3.10. The number of pyridine rings is 1. The van der Waals surface area contributed by atoms with Crippen molar-refractivity contribution < 1.29 is 9.53 Å². The number of carbonyl (C=O) groups excluding carboxylic acids is 1. The van der Waals surface area contributed by atoms with Crippen LogP contribution in [0.25, 0.3) is 0 Å². The van der Waals surface area contributed by atoms with Crippen LogP contribution in [0.3, 0.4) is 0 Å². The van der Waals surface area contributed by atoms with Gasteiger partial charge in [0.1, 0.15) is 0 Å². The van der Waals surface area contributed by atoms with Gasteiger partial charge in [0, 0.05) is 25.4 Å². The maximum Gasteiger partial charge on any atom is 0.255 e. The number of rotatable bonds is 4. The molecule has 0 radical (unpaired) electrons. The van der Waals surface area contributed by atoms with E-state index in [0.29, 0.717) is 17.4 Å². The molecule has 1 aromatic heterocycles. The lowest BCUT2D eigenvalue weighted by atomic mass is 9.90. The summed E-state index contributed by atoms with van der Waals surface area (Å²) in [5.74, 6) is 1.26. The van der Waals surface area contributed by atoms with E-state index in [1.165, 1.54) is 5.56 Å². The largest absolute Gasteiger partial charge is 0.481 e. The Morgan fingerprint density at radius 3 is 2.52 bits per heavy atom. The number of likely N-dealkylation sites (tertiary alicyclic amines) is 1. The summed E-state index contributed by atoms with van der Waals surface area (Å²) >= 11 is 0.